The Kier molecular flexibility index (Phi) is 9.16. The van der Waals surface area contributed by atoms with Crippen molar-refractivity contribution in [3.8, 4) is 0 Å². The molecular weight excluding hydrogens is 689 g/mol. The zero-order valence-electron chi connectivity index (χ0n) is 28.3. The van der Waals surface area contributed by atoms with Crippen molar-refractivity contribution in [2.75, 3.05) is 0 Å². The van der Waals surface area contributed by atoms with E-state index in [0.29, 0.717) is 23.7 Å². The van der Waals surface area contributed by atoms with Crippen molar-refractivity contribution in [1.29, 1.82) is 0 Å². The van der Waals surface area contributed by atoms with Crippen LogP contribution in [0.2, 0.25) is 0 Å². The van der Waals surface area contributed by atoms with E-state index in [4.69, 9.17) is 0 Å². The molecule has 0 radical (unpaired) electrons. The maximum atomic E-state index is 13.2. The smallest absolute Gasteiger partial charge is 0.271 e. The van der Waals surface area contributed by atoms with Crippen LogP contribution in [0.1, 0.15) is 77.0 Å². The lowest BCUT2D eigenvalue weighted by Crippen LogP contribution is -2.67. The van der Waals surface area contributed by atoms with Gasteiger partial charge in [0.1, 0.15) is 16.6 Å². The second-order valence-electron chi connectivity index (χ2n) is 17.1. The third kappa shape index (κ3) is 5.83. The van der Waals surface area contributed by atoms with Crippen LogP contribution in [0, 0.1) is 47.3 Å². The van der Waals surface area contributed by atoms with Crippen LogP contribution in [0.25, 0.3) is 0 Å². The fourth-order valence-electron chi connectivity index (χ4n) is 12.7. The van der Waals surface area contributed by atoms with Crippen molar-refractivity contribution in [2.45, 2.75) is 149 Å². The van der Waals surface area contributed by atoms with Gasteiger partial charge in [0.25, 0.3) is 20.2 Å². The summed E-state index contributed by atoms with van der Waals surface area (Å²) in [6, 6.07) is 0. The minimum absolute atomic E-state index is 0.0173. The van der Waals surface area contributed by atoms with Crippen molar-refractivity contribution in [3.63, 3.8) is 0 Å². The first kappa shape index (κ1) is 35.1. The summed E-state index contributed by atoms with van der Waals surface area (Å²) in [5, 5.41) is 48.9. The van der Waals surface area contributed by atoms with E-state index in [-0.39, 0.29) is 48.8 Å². The summed E-state index contributed by atoms with van der Waals surface area (Å²) >= 11 is 0. The fraction of sp³-hybridized carbons (Fsp3) is 1.00. The van der Waals surface area contributed by atoms with Gasteiger partial charge in [-0.2, -0.15) is 16.8 Å². The highest BCUT2D eigenvalue weighted by Gasteiger charge is 2.66. The molecule has 9 aliphatic rings. The summed E-state index contributed by atoms with van der Waals surface area (Å²) in [5.41, 5.74) is 0. The van der Waals surface area contributed by atoms with Crippen LogP contribution in [0.5, 0.6) is 0 Å². The monoisotopic (exact) mass is 744 g/mol. The van der Waals surface area contributed by atoms with Crippen molar-refractivity contribution < 1.29 is 36.2 Å². The van der Waals surface area contributed by atoms with Gasteiger partial charge in [0.05, 0.1) is 55.4 Å². The van der Waals surface area contributed by atoms with Crippen molar-refractivity contribution >= 4 is 20.2 Å². The summed E-state index contributed by atoms with van der Waals surface area (Å²) < 4.78 is 72.6. The molecular formula is C32H56N8O8S2. The first-order chi connectivity index (χ1) is 23.9. The number of hydrogen-bond donors (Lipinski definition) is 12. The number of aliphatic hydroxyl groups excluding tert-OH is 2. The number of hydrogen-bond acceptors (Lipinski definition) is 14. The standard InChI is InChI=1S/C32H56N8O8S2/c41-21-19-20(23(49(43,44)45)24(22(21)42)50(46,47)48)32-39-30-18-12-6-4-10-16(18)28(37-30)35-26-14-8-2-1-7-13(14)25(33-26)34-27-15-9-3-5-11-17(15)29(36-27)38-31(19)40-32/h13-42H,1-12H2,(H,43,44,45)(H,46,47,48). The Hall–Kier alpha value is -0.580. The summed E-state index contributed by atoms with van der Waals surface area (Å²) in [7, 11) is -10.4. The lowest BCUT2D eigenvalue weighted by atomic mass is 9.74. The Labute approximate surface area is 294 Å². The topological polar surface area (TPSA) is 245 Å². The van der Waals surface area contributed by atoms with Gasteiger partial charge in [-0.25, -0.2) is 0 Å². The van der Waals surface area contributed by atoms with E-state index in [1.807, 2.05) is 0 Å². The highest BCUT2D eigenvalue weighted by Crippen LogP contribution is 2.47. The molecule has 50 heavy (non-hydrogen) atoms. The Balaban J connectivity index is 1.12. The van der Waals surface area contributed by atoms with Gasteiger partial charge in [0.15, 0.2) is 0 Å². The van der Waals surface area contributed by atoms with E-state index in [9.17, 15) is 36.2 Å². The third-order valence-electron chi connectivity index (χ3n) is 14.8. The fourth-order valence-corrected chi connectivity index (χ4v) is 15.8. The molecule has 9 fully saturated rings. The molecule has 0 aromatic rings. The Bertz CT molecular complexity index is 1510. The summed E-state index contributed by atoms with van der Waals surface area (Å²) in [6.45, 7) is 0. The molecule has 0 spiro atoms. The first-order valence-corrected chi connectivity index (χ1v) is 22.3. The SMILES string of the molecule is O=S(=O)(O)C1C(O)C(O)C2C3NC4NC(NC5NC(NC6NC(NC(N3)C2C1S(=O)(=O)O)C1CCCCC61)C1CCCCC51)C1CCCCC41. The molecule has 4 aliphatic carbocycles. The van der Waals surface area contributed by atoms with Crippen LogP contribution in [0.15, 0.2) is 0 Å². The van der Waals surface area contributed by atoms with Crippen LogP contribution >= 0.6 is 0 Å². The Morgan fingerprint density at radius 1 is 0.360 bits per heavy atom. The van der Waals surface area contributed by atoms with Crippen LogP contribution in [0.3, 0.4) is 0 Å². The Morgan fingerprint density at radius 3 is 0.920 bits per heavy atom. The van der Waals surface area contributed by atoms with E-state index in [1.54, 1.807) is 0 Å². The second kappa shape index (κ2) is 13.0. The minimum atomic E-state index is -5.22. The maximum absolute atomic E-state index is 13.2. The lowest BCUT2D eigenvalue weighted by molar-refractivity contribution is -0.0670. The van der Waals surface area contributed by atoms with Crippen molar-refractivity contribution in [1.82, 2.24) is 42.5 Å². The molecule has 20 unspecified atom stereocenters. The zero-order chi connectivity index (χ0) is 34.7. The van der Waals surface area contributed by atoms with Gasteiger partial charge >= 0.3 is 0 Å². The van der Waals surface area contributed by atoms with Crippen molar-refractivity contribution in [2.24, 2.45) is 47.3 Å². The number of rotatable bonds is 2. The summed E-state index contributed by atoms with van der Waals surface area (Å²) in [5.74, 6) is -0.131. The van der Waals surface area contributed by atoms with Gasteiger partial charge < -0.3 is 10.2 Å². The van der Waals surface area contributed by atoms with Gasteiger partial charge in [0, 0.05) is 11.8 Å². The van der Waals surface area contributed by atoms with Gasteiger partial charge in [-0.15, -0.1) is 0 Å². The molecule has 4 saturated carbocycles. The van der Waals surface area contributed by atoms with E-state index < -0.39 is 67.1 Å². The molecule has 5 aliphatic heterocycles. The van der Waals surface area contributed by atoms with Crippen molar-refractivity contribution in [3.05, 3.63) is 0 Å². The zero-order valence-corrected chi connectivity index (χ0v) is 29.9. The van der Waals surface area contributed by atoms with Gasteiger partial charge in [-0.3, -0.25) is 51.6 Å². The van der Waals surface area contributed by atoms with Crippen LogP contribution in [-0.2, 0) is 20.2 Å². The predicted molar refractivity (Wildman–Crippen MR) is 181 cm³/mol. The Morgan fingerprint density at radius 2 is 0.620 bits per heavy atom. The molecule has 9 rings (SSSR count). The second-order valence-corrected chi connectivity index (χ2v) is 20.2. The predicted octanol–water partition coefficient (Wildman–Crippen LogP) is -1.72. The minimum Gasteiger partial charge on any atom is -0.390 e. The normalized spacial score (nSPS) is 55.1. The number of fused-ring (bicyclic) bond motifs is 20. The van der Waals surface area contributed by atoms with Crippen LogP contribution in [0.4, 0.5) is 0 Å². The van der Waals surface area contributed by atoms with E-state index in [2.05, 4.69) is 42.5 Å². The molecule has 20 atom stereocenters. The van der Waals surface area contributed by atoms with Gasteiger partial charge in [-0.1, -0.05) is 38.5 Å². The maximum Gasteiger partial charge on any atom is 0.271 e. The largest absolute Gasteiger partial charge is 0.390 e. The van der Waals surface area contributed by atoms with E-state index in [0.717, 1.165) is 51.4 Å². The van der Waals surface area contributed by atoms with Gasteiger partial charge in [-0.05, 0) is 74.0 Å². The molecule has 16 nitrogen and oxygen atoms in total. The molecule has 284 valence electrons. The van der Waals surface area contributed by atoms with E-state index in [1.165, 1.54) is 25.7 Å². The summed E-state index contributed by atoms with van der Waals surface area (Å²) in [4.78, 5) is 0. The average Bonchev–Trinajstić information content (AvgIpc) is 3.81. The van der Waals surface area contributed by atoms with E-state index >= 15 is 0 Å². The molecule has 5 heterocycles. The third-order valence-corrected chi connectivity index (χ3v) is 17.5. The number of nitrogens with one attached hydrogen (secondary N) is 8. The first-order valence-electron chi connectivity index (χ1n) is 19.3. The quantitative estimate of drug-likeness (QED) is 0.141. The lowest BCUT2D eigenvalue weighted by Gasteiger charge is -2.45. The molecule has 0 aromatic heterocycles. The van der Waals surface area contributed by atoms with Crippen LogP contribution < -0.4 is 42.5 Å². The summed E-state index contributed by atoms with van der Waals surface area (Å²) in [6.07, 6.45) is 7.48. The molecule has 8 bridgehead atoms. The average molecular weight is 745 g/mol. The van der Waals surface area contributed by atoms with Crippen LogP contribution in [-0.4, -0.2) is 108 Å². The molecule has 12 N–H and O–H groups in total. The molecule has 0 amide bonds. The molecule has 18 heteroatoms. The highest BCUT2D eigenvalue weighted by molar-refractivity contribution is 7.90. The number of aliphatic hydroxyl groups is 2. The molecule has 0 aromatic carbocycles. The highest BCUT2D eigenvalue weighted by atomic mass is 32.2. The van der Waals surface area contributed by atoms with Gasteiger partial charge in [0.2, 0.25) is 0 Å². The molecule has 5 saturated heterocycles.